The van der Waals surface area contributed by atoms with Crippen molar-refractivity contribution in [1.29, 1.82) is 0 Å². The number of hydrogen-bond acceptors (Lipinski definition) is 4. The summed E-state index contributed by atoms with van der Waals surface area (Å²) in [7, 11) is 1.78. The number of hydrogen-bond donors (Lipinski definition) is 2. The highest BCUT2D eigenvalue weighted by atomic mass is 35.5. The normalized spacial score (nSPS) is 11.5. The lowest BCUT2D eigenvalue weighted by molar-refractivity contribution is 0.786. The van der Waals surface area contributed by atoms with Crippen molar-refractivity contribution < 1.29 is 0 Å². The van der Waals surface area contributed by atoms with Crippen LogP contribution >= 0.6 is 23.5 Å². The van der Waals surface area contributed by atoms with Crippen molar-refractivity contribution in [3.8, 4) is 11.1 Å². The molecule has 0 spiro atoms. The number of aryl methyl sites for hydroxylation is 2. The zero-order chi connectivity index (χ0) is 23.1. The lowest BCUT2D eigenvalue weighted by Gasteiger charge is -2.13. The van der Waals surface area contributed by atoms with Crippen LogP contribution in [0.25, 0.3) is 33.1 Å². The number of pyridine rings is 1. The van der Waals surface area contributed by atoms with Crippen LogP contribution in [0.15, 0.2) is 59.7 Å². The smallest absolute Gasteiger partial charge is 0.274 e. The molecule has 33 heavy (non-hydrogen) atoms. The van der Waals surface area contributed by atoms with Gasteiger partial charge in [-0.15, -0.1) is 0 Å². The predicted octanol–water partition coefficient (Wildman–Crippen LogP) is 5.97. The molecular weight excluding hydrogens is 454 g/mol. The second-order valence-electron chi connectivity index (χ2n) is 8.03. The minimum atomic E-state index is -0.0402. The van der Waals surface area contributed by atoms with Crippen molar-refractivity contribution in [2.75, 3.05) is 10.5 Å². The Balaban J connectivity index is 1.75. The molecule has 0 aliphatic heterocycles. The van der Waals surface area contributed by atoms with Gasteiger partial charge in [-0.1, -0.05) is 42.6 Å². The molecule has 3 heterocycles. The van der Waals surface area contributed by atoms with E-state index in [-0.39, 0.29) is 5.56 Å². The maximum Gasteiger partial charge on any atom is 0.274 e. The minimum Gasteiger partial charge on any atom is -0.357 e. The zero-order valence-corrected chi connectivity index (χ0v) is 20.2. The summed E-state index contributed by atoms with van der Waals surface area (Å²) in [4.78, 5) is 20.6. The van der Waals surface area contributed by atoms with Crippen LogP contribution in [0.4, 0.5) is 5.69 Å². The number of rotatable bonds is 6. The Morgan fingerprint density at radius 3 is 2.85 bits per heavy atom. The summed E-state index contributed by atoms with van der Waals surface area (Å²) in [6.45, 7) is 4.80. The van der Waals surface area contributed by atoms with E-state index in [0.29, 0.717) is 12.1 Å². The number of benzene rings is 2. The summed E-state index contributed by atoms with van der Waals surface area (Å²) >= 11 is 7.87. The first-order chi connectivity index (χ1) is 16.0. The van der Waals surface area contributed by atoms with Crippen molar-refractivity contribution in [2.45, 2.75) is 20.4 Å². The summed E-state index contributed by atoms with van der Waals surface area (Å²) in [6, 6.07) is 14.1. The van der Waals surface area contributed by atoms with Gasteiger partial charge in [0.2, 0.25) is 0 Å². The van der Waals surface area contributed by atoms with Crippen LogP contribution in [0.3, 0.4) is 0 Å². The molecule has 0 radical (unpaired) electrons. The molecule has 2 aromatic carbocycles. The molecular formula is C25H24ClN5OS. The van der Waals surface area contributed by atoms with E-state index in [1.165, 1.54) is 0 Å². The number of nitrogens with one attached hydrogen (secondary N) is 2. The average Bonchev–Trinajstić information content (AvgIpc) is 3.40. The van der Waals surface area contributed by atoms with Gasteiger partial charge < -0.3 is 18.8 Å². The molecule has 5 rings (SSSR count). The Labute approximate surface area is 200 Å². The first-order valence-corrected chi connectivity index (χ1v) is 12.1. The molecule has 0 saturated heterocycles. The number of H-pyrrole nitrogens is 1. The summed E-state index contributed by atoms with van der Waals surface area (Å²) in [5.74, 6) is 1.86. The number of aromatic nitrogens is 4. The van der Waals surface area contributed by atoms with E-state index in [9.17, 15) is 4.79 Å². The molecule has 0 amide bonds. The van der Waals surface area contributed by atoms with Crippen LogP contribution in [0.2, 0.25) is 5.02 Å². The van der Waals surface area contributed by atoms with Gasteiger partial charge in [0.15, 0.2) is 0 Å². The lowest BCUT2D eigenvalue weighted by Crippen LogP contribution is -2.16. The highest BCUT2D eigenvalue weighted by Gasteiger charge is 2.17. The van der Waals surface area contributed by atoms with Crippen LogP contribution in [0, 0.1) is 6.92 Å². The van der Waals surface area contributed by atoms with E-state index in [0.717, 1.165) is 55.4 Å². The van der Waals surface area contributed by atoms with Crippen LogP contribution in [0.1, 0.15) is 18.3 Å². The summed E-state index contributed by atoms with van der Waals surface area (Å²) in [6.07, 6.45) is 3.72. The molecule has 0 saturated carbocycles. The van der Waals surface area contributed by atoms with Gasteiger partial charge in [-0.25, -0.2) is 4.98 Å². The molecule has 0 fully saturated rings. The fourth-order valence-electron chi connectivity index (χ4n) is 4.24. The van der Waals surface area contributed by atoms with Gasteiger partial charge in [0.1, 0.15) is 16.9 Å². The zero-order valence-electron chi connectivity index (χ0n) is 18.6. The van der Waals surface area contributed by atoms with Crippen molar-refractivity contribution in [1.82, 2.24) is 19.1 Å². The van der Waals surface area contributed by atoms with Gasteiger partial charge in [-0.05, 0) is 48.4 Å². The number of aromatic amines is 1. The molecule has 3 aromatic heterocycles. The van der Waals surface area contributed by atoms with Crippen molar-refractivity contribution in [2.24, 2.45) is 7.05 Å². The molecule has 0 aliphatic rings. The van der Waals surface area contributed by atoms with E-state index in [1.807, 2.05) is 43.6 Å². The maximum absolute atomic E-state index is 12.6. The van der Waals surface area contributed by atoms with Crippen LogP contribution in [-0.2, 0) is 13.6 Å². The number of fused-ring (bicyclic) bond motifs is 2. The van der Waals surface area contributed by atoms with Crippen LogP contribution in [0.5, 0.6) is 0 Å². The van der Waals surface area contributed by atoms with Gasteiger partial charge in [-0.3, -0.25) is 4.79 Å². The first-order valence-electron chi connectivity index (χ1n) is 10.8. The van der Waals surface area contributed by atoms with Gasteiger partial charge >= 0.3 is 0 Å². The molecule has 0 aliphatic carbocycles. The third-order valence-corrected chi connectivity index (χ3v) is 6.69. The summed E-state index contributed by atoms with van der Waals surface area (Å²) in [5.41, 5.74) is 6.61. The van der Waals surface area contributed by atoms with Gasteiger partial charge in [0.25, 0.3) is 5.56 Å². The first kappa shape index (κ1) is 21.7. The number of nitrogens with zero attached hydrogens (tertiary/aromatic N) is 3. The Kier molecular flexibility index (Phi) is 5.68. The van der Waals surface area contributed by atoms with Crippen molar-refractivity contribution in [3.05, 3.63) is 81.6 Å². The van der Waals surface area contributed by atoms with E-state index < -0.39 is 0 Å². The van der Waals surface area contributed by atoms with Gasteiger partial charge in [0, 0.05) is 47.7 Å². The molecule has 2 N–H and O–H groups in total. The molecule has 0 atom stereocenters. The second-order valence-corrected chi connectivity index (χ2v) is 9.53. The summed E-state index contributed by atoms with van der Waals surface area (Å²) < 4.78 is 7.31. The van der Waals surface area contributed by atoms with E-state index in [1.54, 1.807) is 23.6 Å². The van der Waals surface area contributed by atoms with Crippen LogP contribution < -0.4 is 10.3 Å². The highest BCUT2D eigenvalue weighted by molar-refractivity contribution is 8.00. The fraction of sp³-hybridized carbons (Fsp3) is 0.200. The van der Waals surface area contributed by atoms with Crippen molar-refractivity contribution in [3.63, 3.8) is 0 Å². The minimum absolute atomic E-state index is 0.0402. The Bertz CT molecular complexity index is 1550. The van der Waals surface area contributed by atoms with E-state index in [4.69, 9.17) is 16.6 Å². The topological polar surface area (TPSA) is 67.6 Å². The molecule has 0 unspecified atom stereocenters. The Morgan fingerprint density at radius 1 is 1.21 bits per heavy atom. The number of halogens is 1. The Hall–Kier alpha value is -3.16. The van der Waals surface area contributed by atoms with Gasteiger partial charge in [0.05, 0.1) is 11.2 Å². The standard InChI is InChI=1S/C25H24ClN5OS/c1-4-33-29-21-11-17(20-14-30(3)25(32)23-19(20)8-9-27-23)12-22-24(21)28-15(2)31(22)13-16-6-5-7-18(26)10-16/h5-12,14,27,29H,4,13H2,1-3H3. The van der Waals surface area contributed by atoms with Crippen molar-refractivity contribution >= 4 is 51.2 Å². The monoisotopic (exact) mass is 477 g/mol. The highest BCUT2D eigenvalue weighted by Crippen LogP contribution is 2.35. The molecule has 5 aromatic rings. The predicted molar refractivity (Wildman–Crippen MR) is 139 cm³/mol. The third kappa shape index (κ3) is 3.92. The fourth-order valence-corrected chi connectivity index (χ4v) is 4.91. The Morgan fingerprint density at radius 2 is 2.06 bits per heavy atom. The third-order valence-electron chi connectivity index (χ3n) is 5.81. The average molecular weight is 478 g/mol. The molecule has 0 bridgehead atoms. The maximum atomic E-state index is 12.6. The van der Waals surface area contributed by atoms with E-state index in [2.05, 4.69) is 39.4 Å². The summed E-state index contributed by atoms with van der Waals surface area (Å²) in [5, 5.41) is 1.63. The molecule has 6 nitrogen and oxygen atoms in total. The number of anilines is 1. The molecule has 8 heteroatoms. The number of imidazole rings is 1. The SMILES string of the molecule is CCSNc1cc(-c2cn(C)c(=O)c3[nH]ccc23)cc2c1nc(C)n2Cc1cccc(Cl)c1. The second kappa shape index (κ2) is 8.65. The quantitative estimate of drug-likeness (QED) is 0.295. The lowest BCUT2D eigenvalue weighted by atomic mass is 10.0. The molecule has 168 valence electrons. The van der Waals surface area contributed by atoms with Crippen LogP contribution in [-0.4, -0.2) is 24.9 Å². The largest absolute Gasteiger partial charge is 0.357 e. The van der Waals surface area contributed by atoms with Gasteiger partial charge in [-0.2, -0.15) is 0 Å². The van der Waals surface area contributed by atoms with E-state index >= 15 is 0 Å².